The van der Waals surface area contributed by atoms with Gasteiger partial charge in [0.05, 0.1) is 4.99 Å². The third-order valence-corrected chi connectivity index (χ3v) is 2.53. The van der Waals surface area contributed by atoms with Crippen molar-refractivity contribution in [2.75, 3.05) is 6.54 Å². The van der Waals surface area contributed by atoms with Crippen LogP contribution in [0.1, 0.15) is 27.2 Å². The lowest BCUT2D eigenvalue weighted by Gasteiger charge is -2.13. The third kappa shape index (κ3) is 4.83. The highest BCUT2D eigenvalue weighted by atomic mass is 32.1. The van der Waals surface area contributed by atoms with Gasteiger partial charge in [0.2, 0.25) is 5.91 Å². The van der Waals surface area contributed by atoms with E-state index in [-0.39, 0.29) is 17.7 Å². The van der Waals surface area contributed by atoms with E-state index in [1.165, 1.54) is 0 Å². The van der Waals surface area contributed by atoms with E-state index >= 15 is 0 Å². The van der Waals surface area contributed by atoms with E-state index < -0.39 is 0 Å². The number of thiocarbonyl (C=S) groups is 1. The lowest BCUT2D eigenvalue weighted by Crippen LogP contribution is -2.36. The van der Waals surface area contributed by atoms with Crippen molar-refractivity contribution in [3.05, 3.63) is 0 Å². The Morgan fingerprint density at radius 2 is 2.00 bits per heavy atom. The number of amides is 1. The molecule has 1 amide bonds. The fraction of sp³-hybridized carbons (Fsp3) is 0.778. The molecule has 0 fully saturated rings. The Balaban J connectivity index is 3.76. The van der Waals surface area contributed by atoms with E-state index in [0.29, 0.717) is 11.5 Å². The number of hydrogen-bond donors (Lipinski definition) is 2. The first-order chi connectivity index (χ1) is 5.99. The summed E-state index contributed by atoms with van der Waals surface area (Å²) in [6, 6.07) is 0. The van der Waals surface area contributed by atoms with Gasteiger partial charge in [0.15, 0.2) is 0 Å². The van der Waals surface area contributed by atoms with Crippen LogP contribution in [0.25, 0.3) is 0 Å². The first-order valence-corrected chi connectivity index (χ1v) is 4.96. The molecule has 0 aromatic rings. The molecular formula is C9H18N2OS. The van der Waals surface area contributed by atoms with Crippen LogP contribution in [0.5, 0.6) is 0 Å². The molecule has 0 rings (SSSR count). The Bertz CT molecular complexity index is 194. The zero-order valence-electron chi connectivity index (χ0n) is 8.46. The maximum absolute atomic E-state index is 11.3. The van der Waals surface area contributed by atoms with Crippen LogP contribution in [-0.4, -0.2) is 17.4 Å². The van der Waals surface area contributed by atoms with Crippen molar-refractivity contribution in [3.63, 3.8) is 0 Å². The van der Waals surface area contributed by atoms with Crippen LogP contribution in [0.4, 0.5) is 0 Å². The molecule has 3 nitrogen and oxygen atoms in total. The highest BCUT2D eigenvalue weighted by Crippen LogP contribution is 2.00. The van der Waals surface area contributed by atoms with Gasteiger partial charge in [-0.15, -0.1) is 0 Å². The number of nitrogens with one attached hydrogen (secondary N) is 1. The van der Waals surface area contributed by atoms with Gasteiger partial charge in [0.1, 0.15) is 0 Å². The van der Waals surface area contributed by atoms with Gasteiger partial charge in [0, 0.05) is 18.4 Å². The topological polar surface area (TPSA) is 55.1 Å². The van der Waals surface area contributed by atoms with Crippen LogP contribution in [-0.2, 0) is 4.79 Å². The smallest absolute Gasteiger partial charge is 0.222 e. The molecule has 0 aliphatic carbocycles. The fourth-order valence-electron chi connectivity index (χ4n) is 0.714. The summed E-state index contributed by atoms with van der Waals surface area (Å²) < 4.78 is 0. The third-order valence-electron chi connectivity index (χ3n) is 2.13. The van der Waals surface area contributed by atoms with Gasteiger partial charge in [0.25, 0.3) is 0 Å². The Labute approximate surface area is 85.1 Å². The van der Waals surface area contributed by atoms with Crippen molar-refractivity contribution in [1.29, 1.82) is 0 Å². The van der Waals surface area contributed by atoms with Crippen molar-refractivity contribution in [2.24, 2.45) is 17.6 Å². The van der Waals surface area contributed by atoms with E-state index in [4.69, 9.17) is 18.0 Å². The molecule has 0 saturated heterocycles. The second kappa shape index (κ2) is 5.91. The molecule has 13 heavy (non-hydrogen) atoms. The average molecular weight is 202 g/mol. The first kappa shape index (κ1) is 12.4. The monoisotopic (exact) mass is 202 g/mol. The number of nitrogens with two attached hydrogens (primary N) is 1. The summed E-state index contributed by atoms with van der Waals surface area (Å²) in [5, 5.41) is 2.81. The summed E-state index contributed by atoms with van der Waals surface area (Å²) in [5.74, 6) is 0.215. The van der Waals surface area contributed by atoms with Crippen molar-refractivity contribution in [3.8, 4) is 0 Å². The summed E-state index contributed by atoms with van der Waals surface area (Å²) in [6.45, 7) is 6.33. The van der Waals surface area contributed by atoms with Gasteiger partial charge in [-0.1, -0.05) is 33.0 Å². The van der Waals surface area contributed by atoms with Gasteiger partial charge >= 0.3 is 0 Å². The molecule has 76 valence electrons. The number of rotatable bonds is 5. The predicted molar refractivity (Wildman–Crippen MR) is 58.4 cm³/mol. The maximum atomic E-state index is 11.3. The Morgan fingerprint density at radius 3 is 2.38 bits per heavy atom. The van der Waals surface area contributed by atoms with Gasteiger partial charge < -0.3 is 11.1 Å². The van der Waals surface area contributed by atoms with E-state index in [9.17, 15) is 4.79 Å². The lowest BCUT2D eigenvalue weighted by molar-refractivity contribution is -0.124. The molecule has 0 aliphatic heterocycles. The molecule has 0 aliphatic rings. The minimum atomic E-state index is 0.0681. The van der Waals surface area contributed by atoms with Gasteiger partial charge in [-0.3, -0.25) is 4.79 Å². The van der Waals surface area contributed by atoms with Crippen molar-refractivity contribution in [1.82, 2.24) is 5.32 Å². The molecule has 0 spiro atoms. The van der Waals surface area contributed by atoms with E-state index in [2.05, 4.69) is 5.32 Å². The Hall–Kier alpha value is -0.640. The van der Waals surface area contributed by atoms with Crippen LogP contribution in [0, 0.1) is 11.8 Å². The van der Waals surface area contributed by atoms with Crippen LogP contribution in [0.3, 0.4) is 0 Å². The molecule has 2 unspecified atom stereocenters. The van der Waals surface area contributed by atoms with Gasteiger partial charge in [-0.05, 0) is 6.42 Å². The van der Waals surface area contributed by atoms with Crippen LogP contribution in [0.2, 0.25) is 0 Å². The van der Waals surface area contributed by atoms with Gasteiger partial charge in [-0.25, -0.2) is 0 Å². The van der Waals surface area contributed by atoms with Crippen LogP contribution < -0.4 is 11.1 Å². The zero-order chi connectivity index (χ0) is 10.4. The molecule has 0 radical (unpaired) electrons. The molecule has 0 aromatic carbocycles. The van der Waals surface area contributed by atoms with E-state index in [0.717, 1.165) is 6.42 Å². The summed E-state index contributed by atoms with van der Waals surface area (Å²) in [6.07, 6.45) is 0.854. The second-order valence-corrected chi connectivity index (χ2v) is 3.83. The van der Waals surface area contributed by atoms with Crippen molar-refractivity contribution >= 4 is 23.1 Å². The molecule has 0 bridgehead atoms. The lowest BCUT2D eigenvalue weighted by atomic mass is 10.1. The minimum absolute atomic E-state index is 0.0681. The molecule has 0 heterocycles. The summed E-state index contributed by atoms with van der Waals surface area (Å²) in [7, 11) is 0. The summed E-state index contributed by atoms with van der Waals surface area (Å²) in [4.78, 5) is 11.8. The van der Waals surface area contributed by atoms with Gasteiger partial charge in [-0.2, -0.15) is 0 Å². The minimum Gasteiger partial charge on any atom is -0.393 e. The van der Waals surface area contributed by atoms with E-state index in [1.54, 1.807) is 0 Å². The fourth-order valence-corrected chi connectivity index (χ4v) is 0.797. The largest absolute Gasteiger partial charge is 0.393 e. The summed E-state index contributed by atoms with van der Waals surface area (Å²) >= 11 is 4.79. The Kier molecular flexibility index (Phi) is 5.62. The van der Waals surface area contributed by atoms with Crippen molar-refractivity contribution < 1.29 is 4.79 Å². The predicted octanol–water partition coefficient (Wildman–Crippen LogP) is 1.07. The number of carbonyl (C=O) groups is 1. The molecule has 2 atom stereocenters. The number of hydrogen-bond acceptors (Lipinski definition) is 2. The standard InChI is InChI=1S/C9H18N2OS/c1-4-6(2)9(12)11-5-7(3)8(10)13/h6-7H,4-5H2,1-3H3,(H2,10,13)(H,11,12). The van der Waals surface area contributed by atoms with Crippen molar-refractivity contribution in [2.45, 2.75) is 27.2 Å². The normalized spacial score (nSPS) is 14.7. The summed E-state index contributed by atoms with van der Waals surface area (Å²) in [5.41, 5.74) is 5.41. The molecule has 3 N–H and O–H groups in total. The quantitative estimate of drug-likeness (QED) is 0.656. The van der Waals surface area contributed by atoms with Crippen LogP contribution >= 0.6 is 12.2 Å². The first-order valence-electron chi connectivity index (χ1n) is 4.56. The molecule has 4 heteroatoms. The molecule has 0 saturated carbocycles. The Morgan fingerprint density at radius 1 is 1.46 bits per heavy atom. The highest BCUT2D eigenvalue weighted by Gasteiger charge is 2.11. The SMILES string of the molecule is CCC(C)C(=O)NCC(C)C(N)=S. The average Bonchev–Trinajstić information content (AvgIpc) is 2.11. The molecule has 0 aromatic heterocycles. The highest BCUT2D eigenvalue weighted by molar-refractivity contribution is 7.80. The zero-order valence-corrected chi connectivity index (χ0v) is 9.28. The number of carbonyl (C=O) groups excluding carboxylic acids is 1. The molecular weight excluding hydrogens is 184 g/mol. The van der Waals surface area contributed by atoms with E-state index in [1.807, 2.05) is 20.8 Å². The maximum Gasteiger partial charge on any atom is 0.222 e. The van der Waals surface area contributed by atoms with Crippen LogP contribution in [0.15, 0.2) is 0 Å². The second-order valence-electron chi connectivity index (χ2n) is 3.36.